The van der Waals surface area contributed by atoms with E-state index in [1.807, 2.05) is 30.3 Å². The van der Waals surface area contributed by atoms with Crippen LogP contribution in [0, 0.1) is 10.1 Å². The Hall–Kier alpha value is -4.11. The lowest BCUT2D eigenvalue weighted by molar-refractivity contribution is -0.384. The van der Waals surface area contributed by atoms with Crippen LogP contribution in [0.4, 0.5) is 11.4 Å². The number of hydrogen-bond acceptors (Lipinski definition) is 7. The molecule has 0 atom stereocenters. The van der Waals surface area contributed by atoms with Crippen molar-refractivity contribution in [3.8, 4) is 11.5 Å². The molecule has 0 saturated carbocycles. The zero-order chi connectivity index (χ0) is 24.8. The molecule has 1 aliphatic rings. The molecule has 1 aliphatic heterocycles. The van der Waals surface area contributed by atoms with E-state index in [0.717, 1.165) is 17.7 Å². The molecule has 0 unspecified atom stereocenters. The number of nitrogens with zero attached hydrogens (tertiary/aromatic N) is 2. The maximum atomic E-state index is 12.5. The Morgan fingerprint density at radius 2 is 1.86 bits per heavy atom. The SMILES string of the molecule is CCc1ccc(N=C2NC(=O)/C(=C/c3ccc(OCc4cccc([N+](=O)[O-])c4)c(OC)c3)S2)cc1. The normalized spacial score (nSPS) is 15.3. The Labute approximate surface area is 206 Å². The minimum absolute atomic E-state index is 0.00765. The first-order valence-electron chi connectivity index (χ1n) is 10.9. The van der Waals surface area contributed by atoms with Crippen LogP contribution >= 0.6 is 11.8 Å². The summed E-state index contributed by atoms with van der Waals surface area (Å²) < 4.78 is 11.3. The number of ether oxygens (including phenoxy) is 2. The highest BCUT2D eigenvalue weighted by molar-refractivity contribution is 8.18. The molecule has 0 spiro atoms. The molecule has 4 rings (SSSR count). The van der Waals surface area contributed by atoms with Crippen molar-refractivity contribution in [3.05, 3.63) is 98.4 Å². The Bertz CT molecular complexity index is 1320. The van der Waals surface area contributed by atoms with E-state index in [-0.39, 0.29) is 18.2 Å². The zero-order valence-corrected chi connectivity index (χ0v) is 20.0. The first-order valence-corrected chi connectivity index (χ1v) is 11.7. The molecule has 0 aliphatic carbocycles. The predicted octanol–water partition coefficient (Wildman–Crippen LogP) is 5.64. The number of hydrogen-bond donors (Lipinski definition) is 1. The third kappa shape index (κ3) is 6.07. The van der Waals surface area contributed by atoms with Gasteiger partial charge in [0.2, 0.25) is 0 Å². The van der Waals surface area contributed by atoms with E-state index >= 15 is 0 Å². The number of nitro groups is 1. The van der Waals surface area contributed by atoms with Crippen molar-refractivity contribution in [2.24, 2.45) is 4.99 Å². The van der Waals surface area contributed by atoms with Crippen LogP contribution in [0.5, 0.6) is 11.5 Å². The average molecular weight is 490 g/mol. The van der Waals surface area contributed by atoms with Gasteiger partial charge in [-0.2, -0.15) is 0 Å². The number of non-ortho nitro benzene ring substituents is 1. The second-order valence-electron chi connectivity index (χ2n) is 7.63. The van der Waals surface area contributed by atoms with E-state index in [0.29, 0.717) is 27.1 Å². The van der Waals surface area contributed by atoms with E-state index in [1.165, 1.54) is 36.6 Å². The standard InChI is InChI=1S/C26H23N3O5S/c1-3-17-7-10-20(11-8-17)27-26-28-25(30)24(35-26)15-18-9-12-22(23(14-18)33-2)34-16-19-5-4-6-21(13-19)29(31)32/h4-15H,3,16H2,1-2H3,(H,27,28,30)/b24-15-. The molecule has 0 aromatic heterocycles. The molecule has 35 heavy (non-hydrogen) atoms. The summed E-state index contributed by atoms with van der Waals surface area (Å²) in [6, 6.07) is 19.5. The number of aryl methyl sites for hydroxylation is 1. The number of methoxy groups -OCH3 is 1. The van der Waals surface area contributed by atoms with Crippen LogP contribution in [0.15, 0.2) is 76.6 Å². The van der Waals surface area contributed by atoms with E-state index < -0.39 is 4.92 Å². The summed E-state index contributed by atoms with van der Waals surface area (Å²) >= 11 is 1.27. The van der Waals surface area contributed by atoms with Gasteiger partial charge in [-0.1, -0.05) is 37.3 Å². The van der Waals surface area contributed by atoms with Gasteiger partial charge in [0.15, 0.2) is 16.7 Å². The van der Waals surface area contributed by atoms with Crippen LogP contribution in [-0.4, -0.2) is 23.1 Å². The zero-order valence-electron chi connectivity index (χ0n) is 19.2. The van der Waals surface area contributed by atoms with E-state index in [2.05, 4.69) is 17.2 Å². The number of carbonyl (C=O) groups is 1. The fourth-order valence-electron chi connectivity index (χ4n) is 3.37. The topological polar surface area (TPSA) is 103 Å². The van der Waals surface area contributed by atoms with Gasteiger partial charge in [-0.05, 0) is 65.2 Å². The Balaban J connectivity index is 1.46. The van der Waals surface area contributed by atoms with E-state index in [1.54, 1.807) is 30.3 Å². The van der Waals surface area contributed by atoms with E-state index in [9.17, 15) is 14.9 Å². The van der Waals surface area contributed by atoms with Crippen LogP contribution in [0.1, 0.15) is 23.6 Å². The first-order chi connectivity index (χ1) is 16.9. The lowest BCUT2D eigenvalue weighted by Crippen LogP contribution is -2.19. The first kappa shape index (κ1) is 24.0. The molecule has 3 aromatic rings. The summed E-state index contributed by atoms with van der Waals surface area (Å²) in [6.45, 7) is 2.24. The lowest BCUT2D eigenvalue weighted by atomic mass is 10.1. The highest BCUT2D eigenvalue weighted by Gasteiger charge is 2.24. The summed E-state index contributed by atoms with van der Waals surface area (Å²) in [6.07, 6.45) is 2.72. The minimum atomic E-state index is -0.443. The van der Waals surface area contributed by atoms with Gasteiger partial charge < -0.3 is 14.8 Å². The monoisotopic (exact) mass is 489 g/mol. The Kier molecular flexibility index (Phi) is 7.47. The summed E-state index contributed by atoms with van der Waals surface area (Å²) in [5.74, 6) is 0.754. The van der Waals surface area contributed by atoms with Crippen molar-refractivity contribution in [1.82, 2.24) is 5.32 Å². The molecule has 0 radical (unpaired) electrons. The van der Waals surface area contributed by atoms with Gasteiger partial charge >= 0.3 is 0 Å². The number of rotatable bonds is 8. The molecule has 1 amide bonds. The molecule has 1 fully saturated rings. The quantitative estimate of drug-likeness (QED) is 0.250. The number of thioether (sulfide) groups is 1. The van der Waals surface area contributed by atoms with Gasteiger partial charge in [-0.3, -0.25) is 14.9 Å². The van der Waals surface area contributed by atoms with Crippen LogP contribution in [0.25, 0.3) is 6.08 Å². The number of carbonyl (C=O) groups excluding carboxylic acids is 1. The number of amides is 1. The van der Waals surface area contributed by atoms with Gasteiger partial charge in [-0.25, -0.2) is 4.99 Å². The van der Waals surface area contributed by atoms with Crippen LogP contribution in [-0.2, 0) is 17.8 Å². The van der Waals surface area contributed by atoms with Crippen molar-refractivity contribution in [2.75, 3.05) is 7.11 Å². The molecular weight excluding hydrogens is 466 g/mol. The molecule has 0 bridgehead atoms. The molecule has 1 heterocycles. The number of amidine groups is 1. The smallest absolute Gasteiger partial charge is 0.269 e. The second kappa shape index (κ2) is 10.9. The predicted molar refractivity (Wildman–Crippen MR) is 137 cm³/mol. The third-order valence-electron chi connectivity index (χ3n) is 5.23. The molecule has 3 aromatic carbocycles. The maximum Gasteiger partial charge on any atom is 0.269 e. The van der Waals surface area contributed by atoms with Crippen molar-refractivity contribution in [2.45, 2.75) is 20.0 Å². The maximum absolute atomic E-state index is 12.5. The van der Waals surface area contributed by atoms with Gasteiger partial charge in [0.25, 0.3) is 11.6 Å². The number of benzene rings is 3. The number of nitrogens with one attached hydrogen (secondary N) is 1. The van der Waals surface area contributed by atoms with Gasteiger partial charge in [-0.15, -0.1) is 0 Å². The molecule has 1 N–H and O–H groups in total. The van der Waals surface area contributed by atoms with Crippen molar-refractivity contribution in [1.29, 1.82) is 0 Å². The summed E-state index contributed by atoms with van der Waals surface area (Å²) in [5, 5.41) is 14.3. The van der Waals surface area contributed by atoms with E-state index in [4.69, 9.17) is 9.47 Å². The van der Waals surface area contributed by atoms with Crippen LogP contribution in [0.2, 0.25) is 0 Å². The largest absolute Gasteiger partial charge is 0.493 e. The lowest BCUT2D eigenvalue weighted by Gasteiger charge is -2.11. The highest BCUT2D eigenvalue weighted by atomic mass is 32.2. The van der Waals surface area contributed by atoms with Crippen molar-refractivity contribution in [3.63, 3.8) is 0 Å². The van der Waals surface area contributed by atoms with Gasteiger partial charge in [0.1, 0.15) is 6.61 Å². The highest BCUT2D eigenvalue weighted by Crippen LogP contribution is 2.33. The molecule has 178 valence electrons. The summed E-state index contributed by atoms with van der Waals surface area (Å²) in [4.78, 5) is 28.0. The number of aliphatic imine (C=N–C) groups is 1. The van der Waals surface area contributed by atoms with Crippen molar-refractivity contribution >= 4 is 40.3 Å². The minimum Gasteiger partial charge on any atom is -0.493 e. The van der Waals surface area contributed by atoms with Gasteiger partial charge in [0.05, 0.1) is 22.6 Å². The fourth-order valence-corrected chi connectivity index (χ4v) is 4.21. The molecule has 1 saturated heterocycles. The average Bonchev–Trinajstić information content (AvgIpc) is 3.21. The third-order valence-corrected chi connectivity index (χ3v) is 6.14. The number of nitro benzene ring substituents is 1. The summed E-state index contributed by atoms with van der Waals surface area (Å²) in [5.41, 5.74) is 3.44. The fraction of sp³-hybridized carbons (Fsp3) is 0.154. The molecule has 8 nitrogen and oxygen atoms in total. The second-order valence-corrected chi connectivity index (χ2v) is 8.66. The Morgan fingerprint density at radius 1 is 1.06 bits per heavy atom. The van der Waals surface area contributed by atoms with Crippen molar-refractivity contribution < 1.29 is 19.2 Å². The summed E-state index contributed by atoms with van der Waals surface area (Å²) in [7, 11) is 1.53. The molecular formula is C26H23N3O5S. The van der Waals surface area contributed by atoms with Crippen LogP contribution in [0.3, 0.4) is 0 Å². The van der Waals surface area contributed by atoms with Crippen LogP contribution < -0.4 is 14.8 Å². The van der Waals surface area contributed by atoms with Gasteiger partial charge in [0, 0.05) is 12.1 Å². The Morgan fingerprint density at radius 3 is 2.57 bits per heavy atom. The molecule has 9 heteroatoms.